The molecule has 0 spiro atoms. The van der Waals surface area contributed by atoms with E-state index >= 15 is 0 Å². The molecule has 0 fully saturated rings. The highest BCUT2D eigenvalue weighted by Crippen LogP contribution is 2.40. The third-order valence-corrected chi connectivity index (χ3v) is 7.96. The second kappa shape index (κ2) is 14.4. The first-order chi connectivity index (χ1) is 20.6. The molecule has 8 nitrogen and oxygen atoms in total. The van der Waals surface area contributed by atoms with Gasteiger partial charge in [0.05, 0.1) is 24.4 Å². The van der Waals surface area contributed by atoms with E-state index in [-0.39, 0.29) is 44.3 Å². The number of benzene rings is 3. The van der Waals surface area contributed by atoms with Crippen molar-refractivity contribution in [3.05, 3.63) is 83.4 Å². The Bertz CT molecular complexity index is 1450. The van der Waals surface area contributed by atoms with Crippen LogP contribution in [0.1, 0.15) is 36.5 Å². The fourth-order valence-corrected chi connectivity index (χ4v) is 5.78. The Labute approximate surface area is 252 Å². The maximum absolute atomic E-state index is 13.7. The lowest BCUT2D eigenvalue weighted by atomic mass is 9.98. The van der Waals surface area contributed by atoms with E-state index in [1.54, 1.807) is 0 Å². The molecule has 0 aliphatic carbocycles. The summed E-state index contributed by atoms with van der Waals surface area (Å²) < 4.78 is 40.4. The van der Waals surface area contributed by atoms with Gasteiger partial charge in [-0.25, -0.2) is 4.79 Å². The standard InChI is InChI=1S/C31H33F3N4O4S/c1-2-5-28(40)37-25-19-43-27-16-23(31(32,33)34)12-13-26(27)38(29(25)41)18-20-8-10-21(11-9-20)24-7-4-3-6-22(24)17-36-30(42)35-14-15-39/h3-4,6-13,16,25,39H,2,5,14-15,17-19H2,1H3,(H,37,40)(H2,35,36,42)/t25-/m1/s1. The lowest BCUT2D eigenvalue weighted by Gasteiger charge is -2.26. The molecule has 1 aliphatic rings. The van der Waals surface area contributed by atoms with Crippen LogP contribution in [0.15, 0.2) is 71.6 Å². The summed E-state index contributed by atoms with van der Waals surface area (Å²) in [5.41, 5.74) is 2.93. The fourth-order valence-electron chi connectivity index (χ4n) is 4.68. The maximum atomic E-state index is 13.7. The number of carbonyl (C=O) groups is 3. The Morgan fingerprint density at radius 3 is 2.49 bits per heavy atom. The summed E-state index contributed by atoms with van der Waals surface area (Å²) in [6.45, 7) is 2.18. The highest BCUT2D eigenvalue weighted by molar-refractivity contribution is 7.99. The third kappa shape index (κ3) is 8.29. The number of thioether (sulfide) groups is 1. The van der Waals surface area contributed by atoms with E-state index in [1.165, 1.54) is 11.0 Å². The Morgan fingerprint density at radius 2 is 1.79 bits per heavy atom. The van der Waals surface area contributed by atoms with E-state index in [0.717, 1.165) is 46.1 Å². The second-order valence-corrected chi connectivity index (χ2v) is 11.0. The zero-order valence-electron chi connectivity index (χ0n) is 23.5. The summed E-state index contributed by atoms with van der Waals surface area (Å²) in [6.07, 6.45) is -3.69. The molecule has 3 aromatic rings. The lowest BCUT2D eigenvalue weighted by molar-refractivity contribution is -0.137. The van der Waals surface area contributed by atoms with Crippen molar-refractivity contribution in [3.8, 4) is 11.1 Å². The van der Waals surface area contributed by atoms with Crippen LogP contribution in [0.2, 0.25) is 0 Å². The minimum absolute atomic E-state index is 0.0897. The molecule has 0 unspecified atom stereocenters. The number of urea groups is 1. The summed E-state index contributed by atoms with van der Waals surface area (Å²) in [5, 5.41) is 16.9. The number of nitrogens with zero attached hydrogens (tertiary/aromatic N) is 1. The first-order valence-corrected chi connectivity index (χ1v) is 14.8. The van der Waals surface area contributed by atoms with Gasteiger partial charge < -0.3 is 26.0 Å². The highest BCUT2D eigenvalue weighted by atomic mass is 32.2. The molecule has 1 heterocycles. The van der Waals surface area contributed by atoms with Crippen LogP contribution in [0.5, 0.6) is 0 Å². The predicted molar refractivity (Wildman–Crippen MR) is 159 cm³/mol. The predicted octanol–water partition coefficient (Wildman–Crippen LogP) is 5.09. The number of amides is 4. The Morgan fingerprint density at radius 1 is 1.05 bits per heavy atom. The number of fused-ring (bicyclic) bond motifs is 1. The van der Waals surface area contributed by atoms with Gasteiger partial charge in [-0.3, -0.25) is 9.59 Å². The van der Waals surface area contributed by atoms with Crippen LogP contribution >= 0.6 is 11.8 Å². The number of aliphatic hydroxyl groups is 1. The minimum Gasteiger partial charge on any atom is -0.395 e. The number of hydrogen-bond donors (Lipinski definition) is 4. The van der Waals surface area contributed by atoms with Crippen molar-refractivity contribution in [2.45, 2.75) is 50.0 Å². The first kappa shape index (κ1) is 31.9. The number of aliphatic hydroxyl groups excluding tert-OH is 1. The van der Waals surface area contributed by atoms with Crippen LogP contribution in [0, 0.1) is 0 Å². The molecule has 1 atom stereocenters. The molecule has 3 aromatic carbocycles. The fraction of sp³-hybridized carbons (Fsp3) is 0.323. The number of carbonyl (C=O) groups excluding carboxylic acids is 3. The van der Waals surface area contributed by atoms with Crippen LogP contribution in [-0.4, -0.2) is 47.9 Å². The second-order valence-electron chi connectivity index (χ2n) is 9.97. The van der Waals surface area contributed by atoms with E-state index in [2.05, 4.69) is 16.0 Å². The van der Waals surface area contributed by atoms with Gasteiger partial charge in [-0.05, 0) is 46.9 Å². The molecule has 0 bridgehead atoms. The van der Waals surface area contributed by atoms with Crippen molar-refractivity contribution in [3.63, 3.8) is 0 Å². The number of alkyl halides is 3. The summed E-state index contributed by atoms with van der Waals surface area (Å²) in [5.74, 6) is -0.567. The first-order valence-electron chi connectivity index (χ1n) is 13.8. The molecular weight excluding hydrogens is 581 g/mol. The van der Waals surface area contributed by atoms with Crippen LogP contribution < -0.4 is 20.9 Å². The summed E-state index contributed by atoms with van der Waals surface area (Å²) >= 11 is 1.11. The van der Waals surface area contributed by atoms with Crippen LogP contribution in [0.4, 0.5) is 23.7 Å². The van der Waals surface area contributed by atoms with E-state index in [0.29, 0.717) is 17.0 Å². The van der Waals surface area contributed by atoms with Crippen LogP contribution in [-0.2, 0) is 28.9 Å². The molecule has 12 heteroatoms. The van der Waals surface area contributed by atoms with Gasteiger partial charge in [-0.1, -0.05) is 55.5 Å². The molecule has 0 aromatic heterocycles. The van der Waals surface area contributed by atoms with Crippen LogP contribution in [0.25, 0.3) is 11.1 Å². The van der Waals surface area contributed by atoms with Gasteiger partial charge >= 0.3 is 12.2 Å². The number of hydrogen-bond acceptors (Lipinski definition) is 5. The van der Waals surface area contributed by atoms with Crippen molar-refractivity contribution in [2.75, 3.05) is 23.8 Å². The van der Waals surface area contributed by atoms with E-state index in [9.17, 15) is 27.6 Å². The summed E-state index contributed by atoms with van der Waals surface area (Å²) in [7, 11) is 0. The molecule has 0 saturated carbocycles. The molecule has 43 heavy (non-hydrogen) atoms. The largest absolute Gasteiger partial charge is 0.416 e. The number of halogens is 3. The average Bonchev–Trinajstić information content (AvgIpc) is 3.11. The van der Waals surface area contributed by atoms with Crippen molar-refractivity contribution >= 4 is 35.3 Å². The molecule has 0 saturated heterocycles. The highest BCUT2D eigenvalue weighted by Gasteiger charge is 2.35. The zero-order valence-corrected chi connectivity index (χ0v) is 24.4. The third-order valence-electron chi connectivity index (χ3n) is 6.82. The van der Waals surface area contributed by atoms with Gasteiger partial charge in [-0.15, -0.1) is 11.8 Å². The number of rotatable bonds is 10. The zero-order chi connectivity index (χ0) is 31.0. The van der Waals surface area contributed by atoms with E-state index < -0.39 is 29.7 Å². The van der Waals surface area contributed by atoms with Gasteiger partial charge in [0.25, 0.3) is 5.91 Å². The lowest BCUT2D eigenvalue weighted by Crippen LogP contribution is -2.49. The van der Waals surface area contributed by atoms with Gasteiger partial charge in [0.1, 0.15) is 6.04 Å². The minimum atomic E-state index is -4.53. The molecular formula is C31H33F3N4O4S. The molecule has 0 radical (unpaired) electrons. The summed E-state index contributed by atoms with van der Waals surface area (Å²) in [6, 6.07) is 17.0. The van der Waals surface area contributed by atoms with Gasteiger partial charge in [0.15, 0.2) is 0 Å². The van der Waals surface area contributed by atoms with Crippen molar-refractivity contribution < 1.29 is 32.7 Å². The molecule has 4 N–H and O–H groups in total. The SMILES string of the molecule is CCCC(=O)N[C@@H]1CSc2cc(C(F)(F)F)ccc2N(Cc2ccc(-c3ccccc3CNC(=O)NCCO)cc2)C1=O. The maximum Gasteiger partial charge on any atom is 0.416 e. The van der Waals surface area contributed by atoms with Crippen LogP contribution in [0.3, 0.4) is 0 Å². The average molecular weight is 615 g/mol. The molecule has 228 valence electrons. The van der Waals surface area contributed by atoms with Gasteiger partial charge in [-0.2, -0.15) is 13.2 Å². The van der Waals surface area contributed by atoms with Gasteiger partial charge in [0.2, 0.25) is 5.91 Å². The molecule has 4 rings (SSSR count). The number of anilines is 1. The molecule has 4 amide bonds. The Kier molecular flexibility index (Phi) is 10.7. The Balaban J connectivity index is 1.59. The quantitative estimate of drug-likeness (QED) is 0.255. The topological polar surface area (TPSA) is 111 Å². The monoisotopic (exact) mass is 614 g/mol. The van der Waals surface area contributed by atoms with E-state index in [4.69, 9.17) is 5.11 Å². The van der Waals surface area contributed by atoms with Crippen molar-refractivity contribution in [2.24, 2.45) is 0 Å². The summed E-state index contributed by atoms with van der Waals surface area (Å²) in [4.78, 5) is 39.7. The van der Waals surface area contributed by atoms with Gasteiger partial charge in [0, 0.05) is 30.2 Å². The number of nitrogens with one attached hydrogen (secondary N) is 3. The van der Waals surface area contributed by atoms with Crippen molar-refractivity contribution in [1.29, 1.82) is 0 Å². The molecule has 1 aliphatic heterocycles. The smallest absolute Gasteiger partial charge is 0.395 e. The Hall–Kier alpha value is -4.03. The van der Waals surface area contributed by atoms with Crippen molar-refractivity contribution in [1.82, 2.24) is 16.0 Å². The normalized spacial score (nSPS) is 15.0. The van der Waals surface area contributed by atoms with E-state index in [1.807, 2.05) is 55.5 Å².